The Morgan fingerprint density at radius 1 is 0.492 bits per heavy atom. The predicted octanol–water partition coefficient (Wildman–Crippen LogP) is 15.2. The minimum Gasteiger partial charge on any atom is -0.462 e. The molecule has 0 aromatic carbocycles. The normalized spacial score (nSPS) is 14.0. The molecule has 0 aromatic rings. The van der Waals surface area contributed by atoms with Gasteiger partial charge in [-0.25, -0.2) is 0 Å². The van der Waals surface area contributed by atoms with E-state index in [4.69, 9.17) is 4.74 Å². The first kappa shape index (κ1) is 58.0. The van der Waals surface area contributed by atoms with E-state index in [-0.39, 0.29) is 24.9 Å². The number of rotatable bonds is 44. The lowest BCUT2D eigenvalue weighted by molar-refractivity contribution is -0.151. The van der Waals surface area contributed by atoms with Gasteiger partial charge in [-0.3, -0.25) is 9.59 Å². The van der Waals surface area contributed by atoms with E-state index < -0.39 is 18.2 Å². The molecule has 0 saturated carbocycles. The molecule has 6 nitrogen and oxygen atoms in total. The number of esters is 1. The van der Waals surface area contributed by atoms with Gasteiger partial charge in [-0.05, 0) is 96.3 Å². The number of nitrogens with one attached hydrogen (secondary N) is 1. The zero-order valence-electron chi connectivity index (χ0n) is 39.8. The maximum Gasteiger partial charge on any atom is 0.306 e. The third-order valence-electron chi connectivity index (χ3n) is 11.0. The Hall–Kier alpha value is -2.96. The zero-order chi connectivity index (χ0) is 44.5. The van der Waals surface area contributed by atoms with Gasteiger partial charge in [0.2, 0.25) is 5.91 Å². The molecule has 0 bridgehead atoms. The largest absolute Gasteiger partial charge is 0.462 e. The number of hydrogen-bond donors (Lipinski definition) is 3. The quantitative estimate of drug-likeness (QED) is 0.0322. The van der Waals surface area contributed by atoms with Crippen LogP contribution in [-0.2, 0) is 14.3 Å². The monoisotopic (exact) mass is 850 g/mol. The van der Waals surface area contributed by atoms with Crippen molar-refractivity contribution in [2.24, 2.45) is 0 Å². The van der Waals surface area contributed by atoms with E-state index in [1.165, 1.54) is 89.9 Å². The van der Waals surface area contributed by atoms with Crippen LogP contribution in [0, 0.1) is 0 Å². The van der Waals surface area contributed by atoms with Gasteiger partial charge in [0.1, 0.15) is 6.10 Å². The summed E-state index contributed by atoms with van der Waals surface area (Å²) in [5.41, 5.74) is 0. The van der Waals surface area contributed by atoms with Crippen LogP contribution in [0.3, 0.4) is 0 Å². The van der Waals surface area contributed by atoms with Crippen LogP contribution in [0.2, 0.25) is 0 Å². The van der Waals surface area contributed by atoms with Gasteiger partial charge in [0.05, 0.1) is 25.2 Å². The minimum absolute atomic E-state index is 0.0258. The number of unbranched alkanes of at least 4 members (excludes halogenated alkanes) is 18. The van der Waals surface area contributed by atoms with Crippen LogP contribution in [0.25, 0.3) is 0 Å². The molecule has 0 fully saturated rings. The molecule has 3 N–H and O–H groups in total. The van der Waals surface area contributed by atoms with Crippen molar-refractivity contribution in [3.8, 4) is 0 Å². The molecule has 0 aromatic heterocycles. The summed E-state index contributed by atoms with van der Waals surface area (Å²) in [5.74, 6) is -0.585. The molecule has 0 radical (unpaired) electrons. The molecule has 3 atom stereocenters. The molecule has 1 amide bonds. The van der Waals surface area contributed by atoms with Crippen LogP contribution in [0.4, 0.5) is 0 Å². The first-order valence-electron chi connectivity index (χ1n) is 25.3. The van der Waals surface area contributed by atoms with Gasteiger partial charge in [-0.1, -0.05) is 202 Å². The van der Waals surface area contributed by atoms with Crippen molar-refractivity contribution in [2.75, 3.05) is 6.61 Å². The maximum atomic E-state index is 13.2. The number of ether oxygens (including phenoxy) is 1. The molecule has 6 heteroatoms. The summed E-state index contributed by atoms with van der Waals surface area (Å²) < 4.78 is 5.88. The highest BCUT2D eigenvalue weighted by atomic mass is 16.5. The third kappa shape index (κ3) is 43.5. The first-order valence-corrected chi connectivity index (χ1v) is 25.3. The molecule has 0 rings (SSSR count). The molecule has 0 heterocycles. The standard InChI is InChI=1S/C55H95NO5/c1-4-7-10-13-16-19-22-25-26-27-28-30-33-36-39-42-45-48-55(60)61-51(46-43-40-37-34-31-24-21-18-15-12-9-6-3)49-54(59)56-52(50-57)53(58)47-44-41-38-35-32-29-23-20-17-14-11-8-5-2/h9,12,16,18-19,21,25-26,28,30-31,34,36,39,51-53,57-58H,4-8,10-11,13-15,17,20,22-24,27,29,32-33,35,37-38,40-50H2,1-3H3,(H,56,59)/b12-9+,19-16-,21-18+,26-25-,30-28-,34-31+,39-36-. The number of hydrogen-bond acceptors (Lipinski definition) is 5. The predicted molar refractivity (Wildman–Crippen MR) is 264 cm³/mol. The lowest BCUT2D eigenvalue weighted by atomic mass is 10.0. The van der Waals surface area contributed by atoms with Crippen LogP contribution < -0.4 is 5.32 Å². The van der Waals surface area contributed by atoms with Gasteiger partial charge in [0.15, 0.2) is 0 Å². The van der Waals surface area contributed by atoms with Gasteiger partial charge < -0.3 is 20.3 Å². The highest BCUT2D eigenvalue weighted by Crippen LogP contribution is 2.16. The fourth-order valence-corrected chi connectivity index (χ4v) is 7.14. The van der Waals surface area contributed by atoms with E-state index >= 15 is 0 Å². The lowest BCUT2D eigenvalue weighted by Gasteiger charge is -2.24. The van der Waals surface area contributed by atoms with Crippen molar-refractivity contribution in [2.45, 2.75) is 244 Å². The highest BCUT2D eigenvalue weighted by molar-refractivity contribution is 5.77. The molecule has 0 aliphatic carbocycles. The first-order chi connectivity index (χ1) is 30.0. The number of amides is 1. The Balaban J connectivity index is 4.70. The van der Waals surface area contributed by atoms with Crippen molar-refractivity contribution in [3.05, 3.63) is 85.1 Å². The highest BCUT2D eigenvalue weighted by Gasteiger charge is 2.24. The number of aliphatic hydroxyl groups is 2. The Kier molecular flexibility index (Phi) is 45.7. The fourth-order valence-electron chi connectivity index (χ4n) is 7.14. The number of allylic oxidation sites excluding steroid dienone is 14. The zero-order valence-corrected chi connectivity index (χ0v) is 39.8. The number of carbonyl (C=O) groups excluding carboxylic acids is 2. The SMILES string of the molecule is CC/C=C/C/C=C/C/C=C/CCCCC(CC(=O)NC(CO)C(O)CCCCCCCCCCCCCCC)OC(=O)CCC/C=C\C/C=C\C/C=C\C/C=C\CCCCC. The van der Waals surface area contributed by atoms with Gasteiger partial charge in [-0.2, -0.15) is 0 Å². The molecule has 3 unspecified atom stereocenters. The summed E-state index contributed by atoms with van der Waals surface area (Å²) in [6.45, 7) is 6.31. The second-order valence-corrected chi connectivity index (χ2v) is 16.8. The molecular formula is C55H95NO5. The van der Waals surface area contributed by atoms with E-state index in [0.717, 1.165) is 83.5 Å². The summed E-state index contributed by atoms with van der Waals surface area (Å²) in [7, 11) is 0. The van der Waals surface area contributed by atoms with Crippen molar-refractivity contribution in [1.29, 1.82) is 0 Å². The Bertz CT molecular complexity index is 1180. The molecule has 61 heavy (non-hydrogen) atoms. The van der Waals surface area contributed by atoms with E-state index in [2.05, 4.69) is 111 Å². The topological polar surface area (TPSA) is 95.9 Å². The molecular weight excluding hydrogens is 755 g/mol. The molecule has 0 spiro atoms. The summed E-state index contributed by atoms with van der Waals surface area (Å²) in [6.07, 6.45) is 62.2. The second-order valence-electron chi connectivity index (χ2n) is 16.8. The summed E-state index contributed by atoms with van der Waals surface area (Å²) in [4.78, 5) is 26.1. The summed E-state index contributed by atoms with van der Waals surface area (Å²) >= 11 is 0. The maximum absolute atomic E-state index is 13.2. The minimum atomic E-state index is -0.810. The van der Waals surface area contributed by atoms with E-state index in [1.54, 1.807) is 0 Å². The lowest BCUT2D eigenvalue weighted by Crippen LogP contribution is -2.46. The van der Waals surface area contributed by atoms with Gasteiger partial charge >= 0.3 is 5.97 Å². The summed E-state index contributed by atoms with van der Waals surface area (Å²) in [6, 6.07) is -0.728. The second kappa shape index (κ2) is 48.1. The fraction of sp³-hybridized carbons (Fsp3) is 0.709. The van der Waals surface area contributed by atoms with Gasteiger partial charge in [0, 0.05) is 6.42 Å². The van der Waals surface area contributed by atoms with Gasteiger partial charge in [0.25, 0.3) is 0 Å². The molecule has 0 aliphatic rings. The van der Waals surface area contributed by atoms with Gasteiger partial charge in [-0.15, -0.1) is 0 Å². The van der Waals surface area contributed by atoms with Crippen LogP contribution >= 0.6 is 0 Å². The average Bonchev–Trinajstić information content (AvgIpc) is 3.25. The molecule has 0 saturated heterocycles. The van der Waals surface area contributed by atoms with Crippen LogP contribution in [0.1, 0.15) is 226 Å². The van der Waals surface area contributed by atoms with Crippen LogP contribution in [0.5, 0.6) is 0 Å². The Labute approximate surface area is 376 Å². The van der Waals surface area contributed by atoms with Crippen molar-refractivity contribution >= 4 is 11.9 Å². The number of carbonyl (C=O) groups is 2. The smallest absolute Gasteiger partial charge is 0.306 e. The molecule has 0 aliphatic heterocycles. The molecule has 350 valence electrons. The van der Waals surface area contributed by atoms with Crippen molar-refractivity contribution in [3.63, 3.8) is 0 Å². The van der Waals surface area contributed by atoms with Crippen LogP contribution in [0.15, 0.2) is 85.1 Å². The van der Waals surface area contributed by atoms with E-state index in [1.807, 2.05) is 0 Å². The van der Waals surface area contributed by atoms with E-state index in [9.17, 15) is 19.8 Å². The number of aliphatic hydroxyl groups excluding tert-OH is 2. The van der Waals surface area contributed by atoms with Crippen molar-refractivity contribution < 1.29 is 24.5 Å². The van der Waals surface area contributed by atoms with Crippen molar-refractivity contribution in [1.82, 2.24) is 5.32 Å². The Morgan fingerprint density at radius 2 is 0.885 bits per heavy atom. The average molecular weight is 850 g/mol. The third-order valence-corrected chi connectivity index (χ3v) is 11.0. The Morgan fingerprint density at radius 3 is 1.36 bits per heavy atom. The van der Waals surface area contributed by atoms with Crippen LogP contribution in [-0.4, -0.2) is 46.9 Å². The van der Waals surface area contributed by atoms with E-state index in [0.29, 0.717) is 25.7 Å². The summed E-state index contributed by atoms with van der Waals surface area (Å²) in [5, 5.41) is 23.7.